The minimum atomic E-state index is -0.383. The zero-order chi connectivity index (χ0) is 23.2. The minimum Gasteiger partial charge on any atom is -0.493 e. The third-order valence-corrected chi connectivity index (χ3v) is 5.53. The van der Waals surface area contributed by atoms with E-state index < -0.39 is 0 Å². The minimum absolute atomic E-state index is 0.0851. The molecule has 0 saturated carbocycles. The fourth-order valence-electron chi connectivity index (χ4n) is 3.88. The molecule has 1 amide bonds. The van der Waals surface area contributed by atoms with Crippen LogP contribution in [0.25, 0.3) is 11.0 Å². The van der Waals surface area contributed by atoms with Crippen LogP contribution >= 0.6 is 0 Å². The molecule has 6 nitrogen and oxygen atoms in total. The van der Waals surface area contributed by atoms with Gasteiger partial charge in [0.1, 0.15) is 17.4 Å². The van der Waals surface area contributed by atoms with Gasteiger partial charge in [0.15, 0.2) is 11.5 Å². The standard InChI is InChI=1S/C27H27NO5/c1-30-23-15-18(16-24(31-2)27(23)32-3)13-14-25(29)28-26(19-9-5-4-6-10-19)22-17-20-11-7-8-12-21(20)33-22/h4-12,15-17,26H,13-14H2,1-3H3,(H,28,29)/t26-/m1/s1. The van der Waals surface area contributed by atoms with E-state index in [9.17, 15) is 4.79 Å². The summed E-state index contributed by atoms with van der Waals surface area (Å²) < 4.78 is 22.3. The van der Waals surface area contributed by atoms with Gasteiger partial charge in [-0.2, -0.15) is 0 Å². The Morgan fingerprint density at radius 2 is 1.55 bits per heavy atom. The van der Waals surface area contributed by atoms with E-state index in [1.165, 1.54) is 0 Å². The molecule has 0 aliphatic carbocycles. The first kappa shape index (κ1) is 22.3. The zero-order valence-electron chi connectivity index (χ0n) is 19.0. The molecular formula is C27H27NO5. The average Bonchev–Trinajstić information content (AvgIpc) is 3.29. The first-order valence-electron chi connectivity index (χ1n) is 10.7. The second-order valence-electron chi connectivity index (χ2n) is 7.63. The SMILES string of the molecule is COc1cc(CCC(=O)N[C@H](c2ccccc2)c2cc3ccccc3o2)cc(OC)c1OC. The predicted octanol–water partition coefficient (Wildman–Crippen LogP) is 5.30. The van der Waals surface area contributed by atoms with Crippen LogP contribution in [0.4, 0.5) is 0 Å². The van der Waals surface area contributed by atoms with Gasteiger partial charge in [-0.3, -0.25) is 4.79 Å². The molecule has 1 N–H and O–H groups in total. The molecule has 0 aliphatic heterocycles. The zero-order valence-corrected chi connectivity index (χ0v) is 19.0. The van der Waals surface area contributed by atoms with Gasteiger partial charge in [0.05, 0.1) is 21.3 Å². The van der Waals surface area contributed by atoms with Gasteiger partial charge >= 0.3 is 0 Å². The molecule has 1 aromatic heterocycles. The summed E-state index contributed by atoms with van der Waals surface area (Å²) in [6.07, 6.45) is 0.812. The Balaban J connectivity index is 1.53. The molecule has 0 fully saturated rings. The topological polar surface area (TPSA) is 69.9 Å². The van der Waals surface area contributed by atoms with E-state index in [2.05, 4.69) is 5.32 Å². The monoisotopic (exact) mass is 445 g/mol. The van der Waals surface area contributed by atoms with Gasteiger partial charge in [0, 0.05) is 11.8 Å². The number of methoxy groups -OCH3 is 3. The van der Waals surface area contributed by atoms with Crippen molar-refractivity contribution >= 4 is 16.9 Å². The van der Waals surface area contributed by atoms with Crippen molar-refractivity contribution in [3.63, 3.8) is 0 Å². The Bertz CT molecular complexity index is 1170. The number of hydrogen-bond donors (Lipinski definition) is 1. The highest BCUT2D eigenvalue weighted by atomic mass is 16.5. The van der Waals surface area contributed by atoms with E-state index >= 15 is 0 Å². The second-order valence-corrected chi connectivity index (χ2v) is 7.63. The summed E-state index contributed by atoms with van der Waals surface area (Å²) in [7, 11) is 4.71. The Kier molecular flexibility index (Phi) is 6.83. The number of carbonyl (C=O) groups excluding carboxylic acids is 1. The van der Waals surface area contributed by atoms with E-state index in [0.29, 0.717) is 35.9 Å². The summed E-state index contributed by atoms with van der Waals surface area (Å²) in [5.41, 5.74) is 2.66. The maximum absolute atomic E-state index is 13.0. The molecule has 4 aromatic rings. The third kappa shape index (κ3) is 4.95. The highest BCUT2D eigenvalue weighted by Gasteiger charge is 2.21. The molecule has 4 rings (SSSR count). The van der Waals surface area contributed by atoms with Gasteiger partial charge in [-0.25, -0.2) is 0 Å². The lowest BCUT2D eigenvalue weighted by atomic mass is 10.0. The lowest BCUT2D eigenvalue weighted by Crippen LogP contribution is -2.29. The predicted molar refractivity (Wildman–Crippen MR) is 127 cm³/mol. The van der Waals surface area contributed by atoms with E-state index in [4.69, 9.17) is 18.6 Å². The molecule has 1 atom stereocenters. The average molecular weight is 446 g/mol. The van der Waals surface area contributed by atoms with E-state index in [0.717, 1.165) is 22.1 Å². The van der Waals surface area contributed by atoms with Gasteiger partial charge in [-0.05, 0) is 41.8 Å². The molecule has 33 heavy (non-hydrogen) atoms. The third-order valence-electron chi connectivity index (χ3n) is 5.53. The summed E-state index contributed by atoms with van der Waals surface area (Å²) in [5.74, 6) is 2.28. The number of amides is 1. The van der Waals surface area contributed by atoms with Crippen molar-refractivity contribution in [3.8, 4) is 17.2 Å². The maximum Gasteiger partial charge on any atom is 0.221 e. The molecule has 1 heterocycles. The first-order valence-corrected chi connectivity index (χ1v) is 10.7. The van der Waals surface area contributed by atoms with Crippen molar-refractivity contribution in [1.29, 1.82) is 0 Å². The van der Waals surface area contributed by atoms with Crippen LogP contribution in [0.3, 0.4) is 0 Å². The van der Waals surface area contributed by atoms with Crippen LogP contribution in [-0.4, -0.2) is 27.2 Å². The number of para-hydroxylation sites is 1. The van der Waals surface area contributed by atoms with Crippen molar-refractivity contribution in [2.45, 2.75) is 18.9 Å². The highest BCUT2D eigenvalue weighted by molar-refractivity contribution is 5.80. The summed E-state index contributed by atoms with van der Waals surface area (Å²) in [5, 5.41) is 4.14. The normalized spacial score (nSPS) is 11.7. The van der Waals surface area contributed by atoms with Crippen LogP contribution in [0.1, 0.15) is 29.3 Å². The Morgan fingerprint density at radius 1 is 0.879 bits per heavy atom. The number of furan rings is 1. The Labute approximate surface area is 193 Å². The van der Waals surface area contributed by atoms with Crippen molar-refractivity contribution < 1.29 is 23.4 Å². The molecule has 0 saturated heterocycles. The van der Waals surface area contributed by atoms with Crippen LogP contribution in [0.15, 0.2) is 77.2 Å². The van der Waals surface area contributed by atoms with Gasteiger partial charge < -0.3 is 23.9 Å². The first-order chi connectivity index (χ1) is 16.1. The molecule has 6 heteroatoms. The number of rotatable bonds is 9. The number of hydrogen-bond acceptors (Lipinski definition) is 5. The van der Waals surface area contributed by atoms with Crippen LogP contribution < -0.4 is 19.5 Å². The summed E-state index contributed by atoms with van der Waals surface area (Å²) in [4.78, 5) is 13.0. The molecule has 3 aromatic carbocycles. The highest BCUT2D eigenvalue weighted by Crippen LogP contribution is 2.38. The maximum atomic E-state index is 13.0. The number of aryl methyl sites for hydroxylation is 1. The largest absolute Gasteiger partial charge is 0.493 e. The van der Waals surface area contributed by atoms with E-state index in [1.807, 2.05) is 72.8 Å². The lowest BCUT2D eigenvalue weighted by molar-refractivity contribution is -0.121. The number of benzene rings is 3. The van der Waals surface area contributed by atoms with Gasteiger partial charge in [0.25, 0.3) is 0 Å². The number of nitrogens with one attached hydrogen (secondary N) is 1. The van der Waals surface area contributed by atoms with Crippen molar-refractivity contribution in [2.75, 3.05) is 21.3 Å². The molecular weight excluding hydrogens is 418 g/mol. The van der Waals surface area contributed by atoms with Crippen LogP contribution in [-0.2, 0) is 11.2 Å². The Hall–Kier alpha value is -3.93. The molecule has 0 unspecified atom stereocenters. The van der Waals surface area contributed by atoms with Crippen LogP contribution in [0.2, 0.25) is 0 Å². The van der Waals surface area contributed by atoms with Crippen LogP contribution in [0, 0.1) is 0 Å². The lowest BCUT2D eigenvalue weighted by Gasteiger charge is -2.18. The fourth-order valence-corrected chi connectivity index (χ4v) is 3.88. The smallest absolute Gasteiger partial charge is 0.221 e. The summed E-state index contributed by atoms with van der Waals surface area (Å²) in [6, 6.07) is 23.0. The van der Waals surface area contributed by atoms with Crippen molar-refractivity contribution in [3.05, 3.63) is 89.7 Å². The number of carbonyl (C=O) groups is 1. The molecule has 0 spiro atoms. The van der Waals surface area contributed by atoms with E-state index in [-0.39, 0.29) is 11.9 Å². The van der Waals surface area contributed by atoms with Gasteiger partial charge in [0.2, 0.25) is 11.7 Å². The molecule has 0 radical (unpaired) electrons. The van der Waals surface area contributed by atoms with Gasteiger partial charge in [-0.1, -0.05) is 48.5 Å². The molecule has 0 bridgehead atoms. The number of fused-ring (bicyclic) bond motifs is 1. The summed E-state index contributed by atoms with van der Waals surface area (Å²) >= 11 is 0. The van der Waals surface area contributed by atoms with E-state index in [1.54, 1.807) is 21.3 Å². The fraction of sp³-hybridized carbons (Fsp3) is 0.222. The second kappa shape index (κ2) is 10.1. The summed E-state index contributed by atoms with van der Waals surface area (Å²) in [6.45, 7) is 0. The van der Waals surface area contributed by atoms with Crippen LogP contribution in [0.5, 0.6) is 17.2 Å². The van der Waals surface area contributed by atoms with Crippen molar-refractivity contribution in [1.82, 2.24) is 5.32 Å². The number of ether oxygens (including phenoxy) is 3. The molecule has 170 valence electrons. The van der Waals surface area contributed by atoms with Gasteiger partial charge in [-0.15, -0.1) is 0 Å². The van der Waals surface area contributed by atoms with Crippen molar-refractivity contribution in [2.24, 2.45) is 0 Å². The Morgan fingerprint density at radius 3 is 2.18 bits per heavy atom. The quantitative estimate of drug-likeness (QED) is 0.379. The molecule has 0 aliphatic rings.